The lowest BCUT2D eigenvalue weighted by Gasteiger charge is -2.38. The molecule has 4 aliphatic rings. The van der Waals surface area contributed by atoms with Gasteiger partial charge in [0.15, 0.2) is 12.2 Å². The van der Waals surface area contributed by atoms with Gasteiger partial charge in [-0.05, 0) is 77.9 Å². The molecule has 2 amide bonds. The SMILES string of the molecule is CC1CN(c2ccc(C#N)c3nccnc23)CC(C(=O)NCC2(F)CCN(C)CC2)O1.CC1CN(c2ccc(C#N)c3nccnc23)CC(C(=O)NCC2(F)CCN(C)CC2)O1. The Labute approximate surface area is 360 Å². The lowest BCUT2D eigenvalue weighted by Crippen LogP contribution is -2.55. The number of nitriles is 2. The van der Waals surface area contributed by atoms with Crippen LogP contribution in [0.3, 0.4) is 0 Å². The van der Waals surface area contributed by atoms with Crippen LogP contribution in [0.15, 0.2) is 49.1 Å². The molecule has 0 radical (unpaired) electrons. The van der Waals surface area contributed by atoms with Crippen LogP contribution in [-0.2, 0) is 19.1 Å². The van der Waals surface area contributed by atoms with Crippen LogP contribution in [0.5, 0.6) is 0 Å². The number of anilines is 2. The summed E-state index contributed by atoms with van der Waals surface area (Å²) in [6.45, 7) is 8.31. The Bertz CT molecular complexity index is 2160. The van der Waals surface area contributed by atoms with Crippen LogP contribution in [0.2, 0.25) is 0 Å². The minimum absolute atomic E-state index is 0.000807. The van der Waals surface area contributed by atoms with Crippen LogP contribution in [0.25, 0.3) is 22.1 Å². The third-order valence-electron chi connectivity index (χ3n) is 12.2. The monoisotopic (exact) mass is 852 g/mol. The van der Waals surface area contributed by atoms with Gasteiger partial charge < -0.3 is 39.7 Å². The quantitative estimate of drug-likeness (QED) is 0.263. The van der Waals surface area contributed by atoms with Gasteiger partial charge in [0.2, 0.25) is 0 Å². The number of fused-ring (bicyclic) bond motifs is 2. The Morgan fingerprint density at radius 1 is 0.645 bits per heavy atom. The van der Waals surface area contributed by atoms with E-state index >= 15 is 8.78 Å². The van der Waals surface area contributed by atoms with Crippen molar-refractivity contribution in [1.82, 2.24) is 40.4 Å². The van der Waals surface area contributed by atoms with Crippen molar-refractivity contribution in [3.63, 3.8) is 0 Å². The number of carbonyl (C=O) groups excluding carboxylic acids is 2. The lowest BCUT2D eigenvalue weighted by atomic mass is 9.93. The summed E-state index contributed by atoms with van der Waals surface area (Å²) in [4.78, 5) is 51.3. The highest BCUT2D eigenvalue weighted by molar-refractivity contribution is 5.93. The van der Waals surface area contributed by atoms with Gasteiger partial charge in [-0.25, -0.2) is 8.78 Å². The van der Waals surface area contributed by atoms with E-state index in [-0.39, 0.29) is 37.1 Å². The van der Waals surface area contributed by atoms with Gasteiger partial charge in [-0.3, -0.25) is 29.5 Å². The zero-order valence-electron chi connectivity index (χ0n) is 35.7. The van der Waals surface area contributed by atoms with Gasteiger partial charge in [0.1, 0.15) is 45.5 Å². The van der Waals surface area contributed by atoms with E-state index in [0.29, 0.717) is 111 Å². The average molecular weight is 853 g/mol. The molecule has 4 unspecified atom stereocenters. The first kappa shape index (κ1) is 44.4. The Balaban J connectivity index is 0.000000186. The molecule has 4 atom stereocenters. The standard InChI is InChI=1S/2C22H27FN6O2/c2*1-15-12-29(17-4-3-16(11-24)19-20(17)26-8-7-25-19)13-18(31-15)21(30)27-14-22(23)5-9-28(2)10-6-22/h2*3-4,7-8,15,18H,5-6,9-10,12-14H2,1-2H3,(H,27,30). The maximum Gasteiger partial charge on any atom is 0.251 e. The van der Waals surface area contributed by atoms with Crippen molar-refractivity contribution < 1.29 is 27.8 Å². The predicted octanol–water partition coefficient (Wildman–Crippen LogP) is 3.29. The largest absolute Gasteiger partial charge is 0.364 e. The summed E-state index contributed by atoms with van der Waals surface area (Å²) in [5, 5.41) is 24.3. The highest BCUT2D eigenvalue weighted by Gasteiger charge is 2.38. The van der Waals surface area contributed by atoms with E-state index in [9.17, 15) is 20.1 Å². The van der Waals surface area contributed by atoms with Gasteiger partial charge in [-0.15, -0.1) is 0 Å². The number of hydrogen-bond acceptors (Lipinski definition) is 14. The summed E-state index contributed by atoms with van der Waals surface area (Å²) in [5.41, 5.74) is 2.05. The number of piperidine rings is 2. The van der Waals surface area contributed by atoms with E-state index in [4.69, 9.17) is 9.47 Å². The summed E-state index contributed by atoms with van der Waals surface area (Å²) >= 11 is 0. The third-order valence-corrected chi connectivity index (χ3v) is 12.2. The van der Waals surface area contributed by atoms with E-state index in [2.05, 4.69) is 52.5 Å². The summed E-state index contributed by atoms with van der Waals surface area (Å²) in [6, 6.07) is 11.4. The maximum absolute atomic E-state index is 15.0. The van der Waals surface area contributed by atoms with E-state index in [0.717, 1.165) is 11.4 Å². The zero-order valence-corrected chi connectivity index (χ0v) is 35.7. The van der Waals surface area contributed by atoms with Crippen molar-refractivity contribution in [2.24, 2.45) is 0 Å². The van der Waals surface area contributed by atoms with Crippen LogP contribution in [-0.4, -0.2) is 157 Å². The number of morpholine rings is 2. The summed E-state index contributed by atoms with van der Waals surface area (Å²) in [5.74, 6) is -0.618. The number of alkyl halides is 2. The molecule has 16 nitrogen and oxygen atoms in total. The molecule has 2 aromatic heterocycles. The Hall–Kier alpha value is -5.66. The highest BCUT2D eigenvalue weighted by Crippen LogP contribution is 2.31. The summed E-state index contributed by atoms with van der Waals surface area (Å²) in [6.07, 6.45) is 6.09. The van der Waals surface area contributed by atoms with Crippen LogP contribution < -0.4 is 20.4 Å². The molecule has 4 aliphatic heterocycles. The van der Waals surface area contributed by atoms with E-state index in [1.54, 1.807) is 36.9 Å². The molecular formula is C44H54F2N12O4. The fourth-order valence-corrected chi connectivity index (χ4v) is 8.47. The molecule has 0 spiro atoms. The average Bonchev–Trinajstić information content (AvgIpc) is 3.28. The van der Waals surface area contributed by atoms with Crippen LogP contribution in [0.1, 0.15) is 50.7 Å². The number of rotatable bonds is 8. The Morgan fingerprint density at radius 3 is 1.35 bits per heavy atom. The van der Waals surface area contributed by atoms with Crippen molar-refractivity contribution in [3.8, 4) is 12.1 Å². The molecule has 8 rings (SSSR count). The molecule has 2 aromatic carbocycles. The van der Waals surface area contributed by atoms with Gasteiger partial charge in [-0.1, -0.05) is 0 Å². The van der Waals surface area contributed by atoms with Crippen molar-refractivity contribution >= 4 is 45.3 Å². The van der Waals surface area contributed by atoms with Gasteiger partial charge in [0.05, 0.1) is 60.9 Å². The van der Waals surface area contributed by atoms with Crippen LogP contribution in [0.4, 0.5) is 20.2 Å². The number of ether oxygens (including phenoxy) is 2. The van der Waals surface area contributed by atoms with Crippen LogP contribution in [0, 0.1) is 22.7 Å². The lowest BCUT2D eigenvalue weighted by molar-refractivity contribution is -0.138. The number of carbonyl (C=O) groups is 2. The second-order valence-electron chi connectivity index (χ2n) is 17.0. The highest BCUT2D eigenvalue weighted by atomic mass is 19.1. The molecule has 4 fully saturated rings. The summed E-state index contributed by atoms with van der Waals surface area (Å²) < 4.78 is 41.8. The molecule has 62 heavy (non-hydrogen) atoms. The first-order valence-electron chi connectivity index (χ1n) is 21.2. The molecule has 0 aliphatic carbocycles. The molecular weight excluding hydrogens is 799 g/mol. The van der Waals surface area contributed by atoms with E-state index in [1.165, 1.54) is 0 Å². The molecule has 18 heteroatoms. The molecule has 4 aromatic rings. The molecule has 2 N–H and O–H groups in total. The van der Waals surface area contributed by atoms with Gasteiger partial charge in [0, 0.05) is 64.1 Å². The molecule has 4 saturated heterocycles. The number of likely N-dealkylation sites (tertiary alicyclic amines) is 2. The molecule has 0 saturated carbocycles. The molecule has 6 heterocycles. The zero-order chi connectivity index (χ0) is 44.0. The van der Waals surface area contributed by atoms with Gasteiger partial charge >= 0.3 is 0 Å². The van der Waals surface area contributed by atoms with Crippen LogP contribution >= 0.6 is 0 Å². The normalized spacial score (nSPS) is 24.0. The second-order valence-corrected chi connectivity index (χ2v) is 17.0. The number of benzene rings is 2. The van der Waals surface area contributed by atoms with Crippen molar-refractivity contribution in [3.05, 3.63) is 60.2 Å². The van der Waals surface area contributed by atoms with Crippen molar-refractivity contribution in [1.29, 1.82) is 10.5 Å². The number of amides is 2. The minimum Gasteiger partial charge on any atom is -0.364 e. The van der Waals surface area contributed by atoms with Gasteiger partial charge in [0.25, 0.3) is 11.8 Å². The fraction of sp³-hybridized carbons (Fsp3) is 0.545. The number of nitrogens with one attached hydrogen (secondary N) is 2. The first-order valence-corrected chi connectivity index (χ1v) is 21.2. The minimum atomic E-state index is -1.37. The second kappa shape index (κ2) is 19.2. The topological polar surface area (TPSA) is 189 Å². The predicted molar refractivity (Wildman–Crippen MR) is 229 cm³/mol. The van der Waals surface area contributed by atoms with Crippen molar-refractivity contribution in [2.45, 2.75) is 75.3 Å². The van der Waals surface area contributed by atoms with Crippen molar-refractivity contribution in [2.75, 3.05) is 89.3 Å². The Morgan fingerprint density at radius 2 is 1.00 bits per heavy atom. The number of hydrogen-bond donors (Lipinski definition) is 2. The third kappa shape index (κ3) is 10.3. The number of halogens is 2. The molecule has 0 bridgehead atoms. The number of nitrogens with zero attached hydrogens (tertiary/aromatic N) is 10. The first-order chi connectivity index (χ1) is 29.8. The van der Waals surface area contributed by atoms with E-state index in [1.807, 2.05) is 49.9 Å². The number of aromatic nitrogens is 4. The maximum atomic E-state index is 15.0. The molecule has 328 valence electrons. The van der Waals surface area contributed by atoms with Gasteiger partial charge in [-0.2, -0.15) is 10.5 Å². The smallest absolute Gasteiger partial charge is 0.251 e. The Kier molecular flexibility index (Phi) is 13.7. The van der Waals surface area contributed by atoms with E-state index < -0.39 is 23.5 Å². The fourth-order valence-electron chi connectivity index (χ4n) is 8.47. The summed E-state index contributed by atoms with van der Waals surface area (Å²) in [7, 11) is 3.95.